The van der Waals surface area contributed by atoms with Gasteiger partial charge in [-0.1, -0.05) is 36.9 Å². The Labute approximate surface area is 70.1 Å². The van der Waals surface area contributed by atoms with Gasteiger partial charge in [0, 0.05) is 0 Å². The molecule has 0 aromatic heterocycles. The van der Waals surface area contributed by atoms with Crippen molar-refractivity contribution in [2.75, 3.05) is 0 Å². The van der Waals surface area contributed by atoms with Gasteiger partial charge < -0.3 is 0 Å². The van der Waals surface area contributed by atoms with Crippen molar-refractivity contribution in [1.82, 2.24) is 0 Å². The van der Waals surface area contributed by atoms with Crippen LogP contribution < -0.4 is 0 Å². The van der Waals surface area contributed by atoms with Gasteiger partial charge in [-0.15, -0.1) is 5.28 Å². The molecule has 2 aliphatic carbocycles. The quantitative estimate of drug-likeness (QED) is 0.532. The van der Waals surface area contributed by atoms with E-state index in [1.54, 1.807) is 25.7 Å². The van der Waals surface area contributed by atoms with E-state index < -0.39 is 0 Å². The molecular formula is C9H16Al. The van der Waals surface area contributed by atoms with Gasteiger partial charge >= 0.3 is 0 Å². The Morgan fingerprint density at radius 2 is 2.20 bits per heavy atom. The summed E-state index contributed by atoms with van der Waals surface area (Å²) in [6, 6.07) is 0. The Bertz CT molecular complexity index is 122. The topological polar surface area (TPSA) is 0 Å². The molecule has 2 saturated carbocycles. The van der Waals surface area contributed by atoms with E-state index in [0.29, 0.717) is 0 Å². The van der Waals surface area contributed by atoms with E-state index in [1.807, 2.05) is 0 Å². The molecule has 1 radical (unpaired) electrons. The highest BCUT2D eigenvalue weighted by molar-refractivity contribution is 6.37. The minimum Gasteiger partial charge on any atom is -0.106 e. The first kappa shape index (κ1) is 7.20. The molecule has 0 nitrogen and oxygen atoms in total. The zero-order valence-electron chi connectivity index (χ0n) is 6.84. The number of hydrogen-bond acceptors (Lipinski definition) is 0. The summed E-state index contributed by atoms with van der Waals surface area (Å²) < 4.78 is 1.23. The number of rotatable bonds is 2. The average Bonchev–Trinajstić information content (AvgIpc) is 2.48. The Balaban J connectivity index is 1.90. The maximum Gasteiger partial charge on any atom is 0.205 e. The lowest BCUT2D eigenvalue weighted by Crippen LogP contribution is -2.10. The highest BCUT2D eigenvalue weighted by atomic mass is 27.1. The van der Waals surface area contributed by atoms with E-state index in [2.05, 4.69) is 6.92 Å². The smallest absolute Gasteiger partial charge is 0.106 e. The molecule has 2 fully saturated rings. The third-order valence-electron chi connectivity index (χ3n) is 3.33. The van der Waals surface area contributed by atoms with E-state index in [4.69, 9.17) is 0 Å². The lowest BCUT2D eigenvalue weighted by atomic mass is 10.0. The average molecular weight is 151 g/mol. The van der Waals surface area contributed by atoms with Crippen LogP contribution in [0.3, 0.4) is 0 Å². The van der Waals surface area contributed by atoms with Crippen molar-refractivity contribution in [3.8, 4) is 0 Å². The van der Waals surface area contributed by atoms with Crippen LogP contribution in [0.1, 0.15) is 32.6 Å². The highest BCUT2D eigenvalue weighted by Crippen LogP contribution is 2.51. The Morgan fingerprint density at radius 1 is 1.30 bits per heavy atom. The fourth-order valence-corrected chi connectivity index (χ4v) is 4.80. The van der Waals surface area contributed by atoms with E-state index in [-0.39, 0.29) is 0 Å². The van der Waals surface area contributed by atoms with Gasteiger partial charge in [-0.3, -0.25) is 0 Å². The van der Waals surface area contributed by atoms with Crippen LogP contribution in [0.25, 0.3) is 0 Å². The SMILES string of the molecule is C[CH2][Al][CH]1CC2CCC1C2. The Hall–Kier alpha value is 0.532. The largest absolute Gasteiger partial charge is 0.205 e. The summed E-state index contributed by atoms with van der Waals surface area (Å²) in [6.07, 6.45) is 6.39. The van der Waals surface area contributed by atoms with Crippen molar-refractivity contribution in [2.45, 2.75) is 42.7 Å². The predicted molar refractivity (Wildman–Crippen MR) is 45.4 cm³/mol. The fraction of sp³-hybridized carbons (Fsp3) is 1.00. The zero-order chi connectivity index (χ0) is 6.97. The van der Waals surface area contributed by atoms with Gasteiger partial charge in [-0.2, -0.15) is 0 Å². The first-order valence-corrected chi connectivity index (χ1v) is 6.21. The molecule has 0 aromatic carbocycles. The molecule has 2 rings (SSSR count). The van der Waals surface area contributed by atoms with Gasteiger partial charge in [0.15, 0.2) is 0 Å². The van der Waals surface area contributed by atoms with Crippen molar-refractivity contribution in [2.24, 2.45) is 11.8 Å². The molecule has 2 aliphatic rings. The van der Waals surface area contributed by atoms with Gasteiger partial charge in [-0.25, -0.2) is 0 Å². The van der Waals surface area contributed by atoms with E-state index in [0.717, 1.165) is 15.2 Å². The van der Waals surface area contributed by atoms with Crippen LogP contribution in [-0.4, -0.2) is 15.2 Å². The van der Waals surface area contributed by atoms with E-state index >= 15 is 0 Å². The van der Waals surface area contributed by atoms with Gasteiger partial charge in [0.05, 0.1) is 0 Å². The summed E-state index contributed by atoms with van der Waals surface area (Å²) >= 11 is 0.828. The zero-order valence-corrected chi connectivity index (χ0v) is 8.00. The molecule has 0 N–H and O–H groups in total. The van der Waals surface area contributed by atoms with Crippen LogP contribution in [0.5, 0.6) is 0 Å². The van der Waals surface area contributed by atoms with Gasteiger partial charge in [0.2, 0.25) is 15.2 Å². The summed E-state index contributed by atoms with van der Waals surface area (Å²) in [7, 11) is 0. The second-order valence-corrected chi connectivity index (χ2v) is 6.13. The van der Waals surface area contributed by atoms with Crippen LogP contribution in [0.15, 0.2) is 0 Å². The van der Waals surface area contributed by atoms with E-state index in [9.17, 15) is 0 Å². The van der Waals surface area contributed by atoms with Gasteiger partial charge in [0.1, 0.15) is 0 Å². The molecule has 0 amide bonds. The van der Waals surface area contributed by atoms with Crippen molar-refractivity contribution in [3.05, 3.63) is 0 Å². The summed E-state index contributed by atoms with van der Waals surface area (Å²) in [4.78, 5) is 0. The number of fused-ring (bicyclic) bond motifs is 2. The summed E-state index contributed by atoms with van der Waals surface area (Å²) in [5, 5.41) is 1.49. The molecule has 0 spiro atoms. The lowest BCUT2D eigenvalue weighted by molar-refractivity contribution is 0.477. The van der Waals surface area contributed by atoms with Crippen LogP contribution in [-0.2, 0) is 0 Å². The Kier molecular flexibility index (Phi) is 2.07. The molecule has 0 aromatic rings. The van der Waals surface area contributed by atoms with Crippen molar-refractivity contribution in [3.63, 3.8) is 0 Å². The third kappa shape index (κ3) is 1.15. The van der Waals surface area contributed by atoms with Crippen LogP contribution >= 0.6 is 0 Å². The molecule has 0 heterocycles. The standard InChI is InChI=1S/C7H11.C2H5.Al/c1-2-7-4-3-6(1)5-7;1-2;/h1,6-7H,2-5H2;1H2,2H3;. The van der Waals surface area contributed by atoms with Crippen molar-refractivity contribution >= 4 is 15.2 Å². The second-order valence-electron chi connectivity index (χ2n) is 3.98. The number of hydrogen-bond donors (Lipinski definition) is 0. The fourth-order valence-electron chi connectivity index (χ4n) is 2.89. The first-order valence-electron chi connectivity index (χ1n) is 4.73. The minimum absolute atomic E-state index is 0.828. The maximum atomic E-state index is 2.36. The Morgan fingerprint density at radius 3 is 2.70 bits per heavy atom. The second kappa shape index (κ2) is 2.88. The molecule has 1 heteroatoms. The predicted octanol–water partition coefficient (Wildman–Crippen LogP) is 2.74. The normalized spacial score (nSPS) is 44.3. The molecule has 3 unspecified atom stereocenters. The molecular weight excluding hydrogens is 135 g/mol. The van der Waals surface area contributed by atoms with Crippen molar-refractivity contribution in [1.29, 1.82) is 0 Å². The monoisotopic (exact) mass is 151 g/mol. The summed E-state index contributed by atoms with van der Waals surface area (Å²) in [6.45, 7) is 2.36. The molecule has 0 aliphatic heterocycles. The third-order valence-corrected chi connectivity index (χ3v) is 5.22. The molecule has 0 saturated heterocycles. The summed E-state index contributed by atoms with van der Waals surface area (Å²) in [5.41, 5.74) is 0. The highest BCUT2D eigenvalue weighted by Gasteiger charge is 2.38. The first-order chi connectivity index (χ1) is 4.90. The van der Waals surface area contributed by atoms with E-state index in [1.165, 1.54) is 21.9 Å². The molecule has 10 heavy (non-hydrogen) atoms. The van der Waals surface area contributed by atoms with Crippen LogP contribution in [0, 0.1) is 11.8 Å². The van der Waals surface area contributed by atoms with Gasteiger partial charge in [-0.05, 0) is 12.3 Å². The van der Waals surface area contributed by atoms with Crippen LogP contribution in [0.4, 0.5) is 0 Å². The van der Waals surface area contributed by atoms with Gasteiger partial charge in [0.25, 0.3) is 0 Å². The maximum absolute atomic E-state index is 2.36. The van der Waals surface area contributed by atoms with Crippen molar-refractivity contribution < 1.29 is 0 Å². The summed E-state index contributed by atoms with van der Waals surface area (Å²) in [5.74, 6) is 2.37. The minimum atomic E-state index is 0.828. The lowest BCUT2D eigenvalue weighted by Gasteiger charge is -2.19. The molecule has 2 bridgehead atoms. The van der Waals surface area contributed by atoms with Crippen LogP contribution in [0.2, 0.25) is 10.1 Å². The molecule has 3 atom stereocenters. The molecule has 55 valence electrons.